The van der Waals surface area contributed by atoms with E-state index in [1.165, 1.54) is 0 Å². The molecular weight excluding hydrogens is 252 g/mol. The van der Waals surface area contributed by atoms with E-state index in [9.17, 15) is 9.90 Å². The number of carboxylic acid groups (broad SMARTS) is 1. The maximum Gasteiger partial charge on any atom is 0.308 e. The normalized spacial score (nSPS) is 27.5. The van der Waals surface area contributed by atoms with Gasteiger partial charge in [-0.05, 0) is 36.8 Å². The summed E-state index contributed by atoms with van der Waals surface area (Å²) in [6.07, 6.45) is 4.03. The molecule has 0 aromatic carbocycles. The van der Waals surface area contributed by atoms with Crippen LogP contribution in [0.2, 0.25) is 5.02 Å². The van der Waals surface area contributed by atoms with Gasteiger partial charge in [0.25, 0.3) is 0 Å². The van der Waals surface area contributed by atoms with Crippen LogP contribution in [0.5, 0.6) is 0 Å². The highest BCUT2D eigenvalue weighted by Crippen LogP contribution is 2.45. The number of carboxylic acids is 1. The number of aromatic nitrogens is 1. The van der Waals surface area contributed by atoms with E-state index < -0.39 is 5.97 Å². The zero-order valence-electron chi connectivity index (χ0n) is 9.92. The maximum atomic E-state index is 11.3. The van der Waals surface area contributed by atoms with Gasteiger partial charge in [0, 0.05) is 19.3 Å². The minimum atomic E-state index is -0.693. The van der Waals surface area contributed by atoms with E-state index in [-0.39, 0.29) is 11.8 Å². The number of halogens is 1. The molecule has 0 bridgehead atoms. The number of rotatable bonds is 3. The molecule has 1 saturated heterocycles. The highest BCUT2D eigenvalue weighted by molar-refractivity contribution is 6.32. The predicted octanol–water partition coefficient (Wildman–Crippen LogP) is 2.28. The van der Waals surface area contributed by atoms with E-state index >= 15 is 0 Å². The molecule has 2 atom stereocenters. The van der Waals surface area contributed by atoms with Crippen LogP contribution in [0.25, 0.3) is 0 Å². The van der Waals surface area contributed by atoms with Gasteiger partial charge in [-0.2, -0.15) is 0 Å². The fourth-order valence-electron chi connectivity index (χ4n) is 2.88. The number of nitrogens with zero attached hydrogens (tertiary/aromatic N) is 2. The highest BCUT2D eigenvalue weighted by Gasteiger charge is 2.46. The lowest BCUT2D eigenvalue weighted by atomic mass is 9.92. The Bertz CT molecular complexity index is 476. The molecule has 1 saturated carbocycles. The third kappa shape index (κ3) is 2.05. The van der Waals surface area contributed by atoms with Crippen LogP contribution in [0.4, 0.5) is 5.82 Å². The monoisotopic (exact) mass is 266 g/mol. The summed E-state index contributed by atoms with van der Waals surface area (Å²) in [6.45, 7) is 1.28. The smallest absolute Gasteiger partial charge is 0.308 e. The zero-order valence-corrected chi connectivity index (χ0v) is 10.7. The van der Waals surface area contributed by atoms with Crippen molar-refractivity contribution in [3.63, 3.8) is 0 Å². The van der Waals surface area contributed by atoms with Gasteiger partial charge < -0.3 is 10.0 Å². The number of hydrogen-bond donors (Lipinski definition) is 1. The molecule has 1 aliphatic heterocycles. The first kappa shape index (κ1) is 11.8. The lowest BCUT2D eigenvalue weighted by Crippen LogP contribution is -2.24. The number of carbonyl (C=O) groups is 1. The number of hydrogen-bond acceptors (Lipinski definition) is 3. The van der Waals surface area contributed by atoms with E-state index in [1.807, 2.05) is 4.90 Å². The predicted molar refractivity (Wildman–Crippen MR) is 68.8 cm³/mol. The Labute approximate surface area is 111 Å². The van der Waals surface area contributed by atoms with Crippen LogP contribution < -0.4 is 4.90 Å². The Morgan fingerprint density at radius 1 is 1.44 bits per heavy atom. The average Bonchev–Trinajstić information content (AvgIpc) is 3.09. The molecule has 3 rings (SSSR count). The average molecular weight is 267 g/mol. The van der Waals surface area contributed by atoms with Crippen molar-refractivity contribution < 1.29 is 9.90 Å². The summed E-state index contributed by atoms with van der Waals surface area (Å²) in [6, 6.07) is 3.58. The second-order valence-corrected chi connectivity index (χ2v) is 5.57. The second kappa shape index (κ2) is 4.43. The first-order valence-electron chi connectivity index (χ1n) is 6.25. The van der Waals surface area contributed by atoms with Gasteiger partial charge in [0.1, 0.15) is 5.82 Å². The van der Waals surface area contributed by atoms with Gasteiger partial charge in [-0.3, -0.25) is 4.79 Å². The molecule has 1 aromatic rings. The van der Waals surface area contributed by atoms with E-state index in [4.69, 9.17) is 11.6 Å². The van der Waals surface area contributed by atoms with Crippen molar-refractivity contribution in [1.29, 1.82) is 0 Å². The van der Waals surface area contributed by atoms with E-state index in [0.29, 0.717) is 23.3 Å². The minimum absolute atomic E-state index is 0.251. The Hall–Kier alpha value is -1.29. The third-order valence-corrected chi connectivity index (χ3v) is 4.24. The molecule has 0 radical (unpaired) electrons. The van der Waals surface area contributed by atoms with Crippen LogP contribution in [-0.4, -0.2) is 29.1 Å². The van der Waals surface area contributed by atoms with Gasteiger partial charge in [-0.1, -0.05) is 11.6 Å². The molecular formula is C13H15ClN2O2. The largest absolute Gasteiger partial charge is 0.481 e. The topological polar surface area (TPSA) is 53.4 Å². The molecule has 4 nitrogen and oxygen atoms in total. The summed E-state index contributed by atoms with van der Waals surface area (Å²) in [5, 5.41) is 9.91. The molecule has 0 unspecified atom stereocenters. The number of aliphatic carboxylic acids is 1. The van der Waals surface area contributed by atoms with Crippen LogP contribution in [-0.2, 0) is 4.79 Å². The van der Waals surface area contributed by atoms with Gasteiger partial charge in [-0.15, -0.1) is 0 Å². The van der Waals surface area contributed by atoms with E-state index in [2.05, 4.69) is 4.98 Å². The van der Waals surface area contributed by atoms with Gasteiger partial charge in [0.05, 0.1) is 10.9 Å². The molecule has 2 heterocycles. The maximum absolute atomic E-state index is 11.3. The summed E-state index contributed by atoms with van der Waals surface area (Å²) in [5.41, 5.74) is 0. The Balaban J connectivity index is 1.83. The van der Waals surface area contributed by atoms with Crippen molar-refractivity contribution in [3.05, 3.63) is 23.4 Å². The van der Waals surface area contributed by atoms with Crippen LogP contribution in [0.1, 0.15) is 12.8 Å². The molecule has 1 N–H and O–H groups in total. The molecule has 0 amide bonds. The first-order valence-corrected chi connectivity index (χ1v) is 6.63. The lowest BCUT2D eigenvalue weighted by Gasteiger charge is -2.18. The summed E-state index contributed by atoms with van der Waals surface area (Å²) in [7, 11) is 0. The summed E-state index contributed by atoms with van der Waals surface area (Å²) >= 11 is 6.12. The SMILES string of the molecule is O=C(O)[C@@H]1CN(c2ncccc2Cl)C[C@H]1C1CC1. The fourth-order valence-corrected chi connectivity index (χ4v) is 3.12. The molecule has 2 aliphatic rings. The van der Waals surface area contributed by atoms with Crippen molar-refractivity contribution >= 4 is 23.4 Å². The van der Waals surface area contributed by atoms with Gasteiger partial charge >= 0.3 is 5.97 Å². The Kier molecular flexibility index (Phi) is 2.90. The fraction of sp³-hybridized carbons (Fsp3) is 0.538. The van der Waals surface area contributed by atoms with Crippen LogP contribution in [0.15, 0.2) is 18.3 Å². The number of pyridine rings is 1. The molecule has 2 fully saturated rings. The second-order valence-electron chi connectivity index (χ2n) is 5.16. The van der Waals surface area contributed by atoms with Crippen LogP contribution in [0, 0.1) is 17.8 Å². The molecule has 1 aliphatic carbocycles. The van der Waals surface area contributed by atoms with Crippen molar-refractivity contribution in [1.82, 2.24) is 4.98 Å². The zero-order chi connectivity index (χ0) is 12.7. The lowest BCUT2D eigenvalue weighted by molar-refractivity contribution is -0.142. The highest BCUT2D eigenvalue weighted by atomic mass is 35.5. The minimum Gasteiger partial charge on any atom is -0.481 e. The van der Waals surface area contributed by atoms with Crippen molar-refractivity contribution in [2.45, 2.75) is 12.8 Å². The quantitative estimate of drug-likeness (QED) is 0.912. The van der Waals surface area contributed by atoms with Gasteiger partial charge in [0.15, 0.2) is 0 Å². The third-order valence-electron chi connectivity index (χ3n) is 3.95. The summed E-state index contributed by atoms with van der Waals surface area (Å²) < 4.78 is 0. The van der Waals surface area contributed by atoms with Crippen molar-refractivity contribution in [2.75, 3.05) is 18.0 Å². The molecule has 1 aromatic heterocycles. The van der Waals surface area contributed by atoms with Crippen molar-refractivity contribution in [2.24, 2.45) is 17.8 Å². The summed E-state index contributed by atoms with van der Waals surface area (Å²) in [5.74, 6) is 0.574. The molecule has 18 heavy (non-hydrogen) atoms. The van der Waals surface area contributed by atoms with E-state index in [1.54, 1.807) is 18.3 Å². The van der Waals surface area contributed by atoms with Crippen LogP contribution in [0.3, 0.4) is 0 Å². The summed E-state index contributed by atoms with van der Waals surface area (Å²) in [4.78, 5) is 17.6. The molecule has 96 valence electrons. The Morgan fingerprint density at radius 3 is 2.83 bits per heavy atom. The molecule has 5 heteroatoms. The first-order chi connectivity index (χ1) is 8.66. The van der Waals surface area contributed by atoms with Crippen molar-refractivity contribution in [3.8, 4) is 0 Å². The van der Waals surface area contributed by atoms with E-state index in [0.717, 1.165) is 19.4 Å². The van der Waals surface area contributed by atoms with Gasteiger partial charge in [0.2, 0.25) is 0 Å². The standard InChI is InChI=1S/C13H15ClN2O2/c14-11-2-1-5-15-12(11)16-6-9(8-3-4-8)10(7-16)13(17)18/h1-2,5,8-10H,3-4,6-7H2,(H,17,18)/t9-,10+/m0/s1. The molecule has 0 spiro atoms. The van der Waals surface area contributed by atoms with Gasteiger partial charge in [-0.25, -0.2) is 4.98 Å². The van der Waals surface area contributed by atoms with Crippen LogP contribution >= 0.6 is 11.6 Å². The number of anilines is 1. The Morgan fingerprint density at radius 2 is 2.22 bits per heavy atom.